The molecule has 0 fully saturated rings. The fourth-order valence-electron chi connectivity index (χ4n) is 2.66. The predicted octanol–water partition coefficient (Wildman–Crippen LogP) is 4.55. The zero-order valence-corrected chi connectivity index (χ0v) is 14.6. The van der Waals surface area contributed by atoms with Gasteiger partial charge in [0.25, 0.3) is 0 Å². The van der Waals surface area contributed by atoms with Crippen LogP contribution in [-0.2, 0) is 11.2 Å². The van der Waals surface area contributed by atoms with E-state index in [9.17, 15) is 9.18 Å². The highest BCUT2D eigenvalue weighted by Gasteiger charge is 2.09. The molecule has 5 heteroatoms. The van der Waals surface area contributed by atoms with Gasteiger partial charge in [-0.15, -0.1) is 0 Å². The molecule has 0 saturated heterocycles. The smallest absolute Gasteiger partial charge is 0.225 e. The summed E-state index contributed by atoms with van der Waals surface area (Å²) < 4.78 is 13.0. The second-order valence-electron chi connectivity index (χ2n) is 6.08. The lowest BCUT2D eigenvalue weighted by Gasteiger charge is -2.09. The summed E-state index contributed by atoms with van der Waals surface area (Å²) in [7, 11) is 0. The third-order valence-corrected chi connectivity index (χ3v) is 4.06. The molecule has 2 aromatic carbocycles. The first-order valence-corrected chi connectivity index (χ1v) is 8.55. The van der Waals surface area contributed by atoms with Crippen LogP contribution in [0.2, 0.25) is 0 Å². The van der Waals surface area contributed by atoms with Crippen LogP contribution in [0.1, 0.15) is 24.1 Å². The monoisotopic (exact) mass is 349 g/mol. The average molecular weight is 349 g/mol. The molecule has 0 atom stereocenters. The summed E-state index contributed by atoms with van der Waals surface area (Å²) in [5.41, 5.74) is 3.27. The highest BCUT2D eigenvalue weighted by atomic mass is 19.1. The lowest BCUT2D eigenvalue weighted by atomic mass is 10.1. The molecule has 0 spiro atoms. The maximum atomic E-state index is 13.0. The van der Waals surface area contributed by atoms with Crippen molar-refractivity contribution in [3.63, 3.8) is 0 Å². The number of hydrogen-bond donors (Lipinski definition) is 1. The summed E-state index contributed by atoms with van der Waals surface area (Å²) in [6.07, 6.45) is 3.65. The molecule has 1 N–H and O–H groups in total. The van der Waals surface area contributed by atoms with Gasteiger partial charge < -0.3 is 5.32 Å². The molecule has 1 amide bonds. The highest BCUT2D eigenvalue weighted by molar-refractivity contribution is 5.90. The van der Waals surface area contributed by atoms with Gasteiger partial charge in [0.2, 0.25) is 5.91 Å². The number of carbonyl (C=O) groups excluding carboxylic acids is 1. The van der Waals surface area contributed by atoms with Gasteiger partial charge in [-0.25, -0.2) is 14.4 Å². The summed E-state index contributed by atoms with van der Waals surface area (Å²) in [5, 5.41) is 2.81. The number of rotatable bonds is 6. The van der Waals surface area contributed by atoms with Crippen molar-refractivity contribution in [3.05, 3.63) is 77.9 Å². The van der Waals surface area contributed by atoms with Gasteiger partial charge in [-0.1, -0.05) is 30.3 Å². The van der Waals surface area contributed by atoms with E-state index in [-0.39, 0.29) is 11.7 Å². The first-order valence-electron chi connectivity index (χ1n) is 8.55. The van der Waals surface area contributed by atoms with Crippen LogP contribution in [0.3, 0.4) is 0 Å². The average Bonchev–Trinajstić information content (AvgIpc) is 2.65. The quantitative estimate of drug-likeness (QED) is 0.710. The molecule has 3 aromatic rings. The SMILES string of the molecule is Cc1nc(-c2ccc(F)cc2)cnc1NC(=O)CCCc1ccccc1. The van der Waals surface area contributed by atoms with E-state index in [2.05, 4.69) is 27.4 Å². The maximum absolute atomic E-state index is 13.0. The summed E-state index contributed by atoms with van der Waals surface area (Å²) >= 11 is 0. The molecule has 26 heavy (non-hydrogen) atoms. The highest BCUT2D eigenvalue weighted by Crippen LogP contribution is 2.19. The number of anilines is 1. The van der Waals surface area contributed by atoms with Gasteiger partial charge >= 0.3 is 0 Å². The molecule has 4 nitrogen and oxygen atoms in total. The number of carbonyl (C=O) groups is 1. The molecule has 0 bridgehead atoms. The molecule has 0 unspecified atom stereocenters. The van der Waals surface area contributed by atoms with Crippen LogP contribution in [0.15, 0.2) is 60.8 Å². The van der Waals surface area contributed by atoms with Crippen molar-refractivity contribution in [2.45, 2.75) is 26.2 Å². The molecule has 0 saturated carbocycles. The van der Waals surface area contributed by atoms with Gasteiger partial charge in [-0.2, -0.15) is 0 Å². The van der Waals surface area contributed by atoms with Crippen LogP contribution in [0, 0.1) is 12.7 Å². The van der Waals surface area contributed by atoms with E-state index in [0.717, 1.165) is 18.4 Å². The van der Waals surface area contributed by atoms with E-state index in [1.807, 2.05) is 18.2 Å². The van der Waals surface area contributed by atoms with E-state index < -0.39 is 0 Å². The van der Waals surface area contributed by atoms with Gasteiger partial charge in [-0.3, -0.25) is 4.79 Å². The fourth-order valence-corrected chi connectivity index (χ4v) is 2.66. The number of nitrogens with zero attached hydrogens (tertiary/aromatic N) is 2. The first-order chi connectivity index (χ1) is 12.6. The van der Waals surface area contributed by atoms with E-state index in [1.54, 1.807) is 25.3 Å². The summed E-state index contributed by atoms with van der Waals surface area (Å²) in [5.74, 6) is 0.0891. The number of halogens is 1. The molecule has 0 aliphatic carbocycles. The topological polar surface area (TPSA) is 54.9 Å². The minimum absolute atomic E-state index is 0.0761. The van der Waals surface area contributed by atoms with Crippen molar-refractivity contribution in [3.8, 4) is 11.3 Å². The van der Waals surface area contributed by atoms with Gasteiger partial charge in [0.05, 0.1) is 17.6 Å². The summed E-state index contributed by atoms with van der Waals surface area (Å²) in [4.78, 5) is 20.9. The van der Waals surface area contributed by atoms with Gasteiger partial charge in [0.1, 0.15) is 5.82 Å². The Labute approximate surface area is 152 Å². The Morgan fingerprint density at radius 1 is 1.08 bits per heavy atom. The zero-order chi connectivity index (χ0) is 18.4. The molecular weight excluding hydrogens is 329 g/mol. The maximum Gasteiger partial charge on any atom is 0.225 e. The zero-order valence-electron chi connectivity index (χ0n) is 14.6. The first kappa shape index (κ1) is 17.7. The Hall–Kier alpha value is -3.08. The van der Waals surface area contributed by atoms with Crippen LogP contribution in [0.5, 0.6) is 0 Å². The number of nitrogens with one attached hydrogen (secondary N) is 1. The number of benzene rings is 2. The van der Waals surface area contributed by atoms with Crippen molar-refractivity contribution >= 4 is 11.7 Å². The van der Waals surface area contributed by atoms with E-state index in [4.69, 9.17) is 0 Å². The van der Waals surface area contributed by atoms with E-state index in [1.165, 1.54) is 17.7 Å². The van der Waals surface area contributed by atoms with Gasteiger partial charge in [-0.05, 0) is 49.6 Å². The molecule has 1 heterocycles. The number of hydrogen-bond acceptors (Lipinski definition) is 3. The minimum Gasteiger partial charge on any atom is -0.309 e. The molecule has 0 radical (unpaired) electrons. The lowest BCUT2D eigenvalue weighted by molar-refractivity contribution is -0.116. The molecule has 0 aliphatic heterocycles. The normalized spacial score (nSPS) is 10.5. The van der Waals surface area contributed by atoms with Crippen molar-refractivity contribution in [2.75, 3.05) is 5.32 Å². The molecule has 0 aliphatic rings. The van der Waals surface area contributed by atoms with E-state index in [0.29, 0.717) is 23.6 Å². The van der Waals surface area contributed by atoms with Crippen LogP contribution in [0.4, 0.5) is 10.2 Å². The van der Waals surface area contributed by atoms with Gasteiger partial charge in [0, 0.05) is 12.0 Å². The van der Waals surface area contributed by atoms with E-state index >= 15 is 0 Å². The second-order valence-corrected chi connectivity index (χ2v) is 6.08. The Morgan fingerprint density at radius 3 is 2.50 bits per heavy atom. The van der Waals surface area contributed by atoms with Crippen molar-refractivity contribution in [1.29, 1.82) is 0 Å². The van der Waals surface area contributed by atoms with Gasteiger partial charge in [0.15, 0.2) is 5.82 Å². The van der Waals surface area contributed by atoms with Crippen LogP contribution >= 0.6 is 0 Å². The minimum atomic E-state index is -0.294. The molecule has 1 aromatic heterocycles. The number of aryl methyl sites for hydroxylation is 2. The number of amides is 1. The molecule has 132 valence electrons. The van der Waals surface area contributed by atoms with Crippen molar-refractivity contribution in [1.82, 2.24) is 9.97 Å². The summed E-state index contributed by atoms with van der Waals surface area (Å²) in [6, 6.07) is 16.2. The van der Waals surface area contributed by atoms with Crippen LogP contribution in [0.25, 0.3) is 11.3 Å². The third kappa shape index (κ3) is 4.72. The predicted molar refractivity (Wildman–Crippen MR) is 100 cm³/mol. The molecular formula is C21H20FN3O. The Kier molecular flexibility index (Phi) is 5.69. The lowest BCUT2D eigenvalue weighted by Crippen LogP contribution is -2.14. The fraction of sp³-hybridized carbons (Fsp3) is 0.190. The largest absolute Gasteiger partial charge is 0.309 e. The summed E-state index contributed by atoms with van der Waals surface area (Å²) in [6.45, 7) is 1.79. The van der Waals surface area contributed by atoms with Crippen molar-refractivity contribution < 1.29 is 9.18 Å². The van der Waals surface area contributed by atoms with Crippen molar-refractivity contribution in [2.24, 2.45) is 0 Å². The Morgan fingerprint density at radius 2 is 1.81 bits per heavy atom. The Bertz CT molecular complexity index is 880. The standard InChI is InChI=1S/C21H20FN3O/c1-15-21(23-14-19(24-15)17-10-12-18(22)13-11-17)25-20(26)9-5-8-16-6-3-2-4-7-16/h2-4,6-7,10-14H,5,8-9H2,1H3,(H,23,25,26). The second kappa shape index (κ2) is 8.34. The number of aromatic nitrogens is 2. The molecule has 3 rings (SSSR count). The third-order valence-electron chi connectivity index (χ3n) is 4.06. The van der Waals surface area contributed by atoms with Crippen LogP contribution in [-0.4, -0.2) is 15.9 Å². The Balaban J connectivity index is 1.57. The van der Waals surface area contributed by atoms with Crippen LogP contribution < -0.4 is 5.32 Å².